The molecule has 5 heteroatoms. The van der Waals surface area contributed by atoms with Gasteiger partial charge >= 0.3 is 0 Å². The van der Waals surface area contributed by atoms with Crippen molar-refractivity contribution < 1.29 is 4.39 Å². The maximum Gasteiger partial charge on any atom is 0.142 e. The first-order chi connectivity index (χ1) is 13.6. The third-order valence-corrected chi connectivity index (χ3v) is 5.99. The molecule has 2 nitrogen and oxygen atoms in total. The summed E-state index contributed by atoms with van der Waals surface area (Å²) < 4.78 is 16.9. The summed E-state index contributed by atoms with van der Waals surface area (Å²) in [5.74, 6) is -0.121. The SMILES string of the molecule is C=C1C/C(=C\c2cn(CCCc3ccccc3F)c3ccccc23)SC(=S)N1. The zero-order valence-corrected chi connectivity index (χ0v) is 17.1. The van der Waals surface area contributed by atoms with Crippen LogP contribution in [-0.4, -0.2) is 8.89 Å². The topological polar surface area (TPSA) is 17.0 Å². The Morgan fingerprint density at radius 1 is 1.18 bits per heavy atom. The summed E-state index contributed by atoms with van der Waals surface area (Å²) in [5.41, 5.74) is 4.09. The van der Waals surface area contributed by atoms with E-state index in [2.05, 4.69) is 53.0 Å². The van der Waals surface area contributed by atoms with Crippen molar-refractivity contribution >= 4 is 45.3 Å². The first-order valence-corrected chi connectivity index (χ1v) is 10.5. The molecule has 0 bridgehead atoms. The molecule has 1 aromatic heterocycles. The van der Waals surface area contributed by atoms with Gasteiger partial charge in [0.1, 0.15) is 10.1 Å². The molecule has 1 N–H and O–H groups in total. The van der Waals surface area contributed by atoms with Gasteiger partial charge in [0.25, 0.3) is 0 Å². The molecule has 1 fully saturated rings. The number of rotatable bonds is 5. The van der Waals surface area contributed by atoms with E-state index in [1.54, 1.807) is 17.8 Å². The smallest absolute Gasteiger partial charge is 0.142 e. The van der Waals surface area contributed by atoms with E-state index in [1.165, 1.54) is 27.4 Å². The number of thiocarbonyl (C=S) groups is 1. The molecule has 0 unspecified atom stereocenters. The number of aromatic nitrogens is 1. The molecule has 2 aromatic carbocycles. The van der Waals surface area contributed by atoms with Gasteiger partial charge in [0, 0.05) is 41.3 Å². The van der Waals surface area contributed by atoms with E-state index in [0.29, 0.717) is 0 Å². The van der Waals surface area contributed by atoms with Crippen LogP contribution in [-0.2, 0) is 13.0 Å². The number of para-hydroxylation sites is 1. The van der Waals surface area contributed by atoms with Crippen LogP contribution in [0.1, 0.15) is 24.0 Å². The summed E-state index contributed by atoms with van der Waals surface area (Å²) in [4.78, 5) is 1.20. The minimum absolute atomic E-state index is 0.121. The van der Waals surface area contributed by atoms with Crippen LogP contribution in [0.5, 0.6) is 0 Å². The summed E-state index contributed by atoms with van der Waals surface area (Å²) in [6.07, 6.45) is 6.80. The molecule has 1 aliphatic heterocycles. The Morgan fingerprint density at radius 2 is 1.96 bits per heavy atom. The van der Waals surface area contributed by atoms with Gasteiger partial charge in [0.2, 0.25) is 0 Å². The summed E-state index contributed by atoms with van der Waals surface area (Å²) in [5, 5.41) is 4.33. The highest BCUT2D eigenvalue weighted by atomic mass is 32.2. The van der Waals surface area contributed by atoms with Crippen LogP contribution < -0.4 is 5.32 Å². The molecule has 2 heterocycles. The lowest BCUT2D eigenvalue weighted by Crippen LogP contribution is -2.21. The maximum absolute atomic E-state index is 13.9. The van der Waals surface area contributed by atoms with Crippen LogP contribution in [0.2, 0.25) is 0 Å². The van der Waals surface area contributed by atoms with E-state index in [0.717, 1.165) is 41.4 Å². The van der Waals surface area contributed by atoms with Crippen LogP contribution in [0.3, 0.4) is 0 Å². The zero-order valence-electron chi connectivity index (χ0n) is 15.5. The van der Waals surface area contributed by atoms with Crippen LogP contribution in [0.15, 0.2) is 71.9 Å². The number of benzene rings is 2. The quantitative estimate of drug-likeness (QED) is 0.501. The van der Waals surface area contributed by atoms with Crippen molar-refractivity contribution in [2.45, 2.75) is 25.8 Å². The van der Waals surface area contributed by atoms with Gasteiger partial charge in [-0.15, -0.1) is 0 Å². The first kappa shape index (κ1) is 19.0. The molecular formula is C23H21FN2S2. The van der Waals surface area contributed by atoms with Crippen molar-refractivity contribution in [1.29, 1.82) is 0 Å². The minimum atomic E-state index is -0.121. The van der Waals surface area contributed by atoms with Crippen LogP contribution in [0.4, 0.5) is 4.39 Å². The molecule has 142 valence electrons. The molecule has 0 atom stereocenters. The second-order valence-electron chi connectivity index (χ2n) is 6.90. The highest BCUT2D eigenvalue weighted by Crippen LogP contribution is 2.32. The van der Waals surface area contributed by atoms with Gasteiger partial charge in [0.05, 0.1) is 0 Å². The maximum atomic E-state index is 13.9. The molecule has 3 aromatic rings. The van der Waals surface area contributed by atoms with Crippen molar-refractivity contribution in [1.82, 2.24) is 9.88 Å². The van der Waals surface area contributed by atoms with Gasteiger partial charge < -0.3 is 9.88 Å². The van der Waals surface area contributed by atoms with E-state index >= 15 is 0 Å². The molecule has 0 aliphatic carbocycles. The Kier molecular flexibility index (Phi) is 5.64. The second-order valence-corrected chi connectivity index (χ2v) is 8.70. The average Bonchev–Trinajstić information content (AvgIpc) is 3.00. The molecule has 0 amide bonds. The van der Waals surface area contributed by atoms with E-state index in [4.69, 9.17) is 12.2 Å². The molecule has 1 aliphatic rings. The molecular weight excluding hydrogens is 387 g/mol. The van der Waals surface area contributed by atoms with Gasteiger partial charge in [0.15, 0.2) is 0 Å². The number of aryl methyl sites for hydroxylation is 2. The van der Waals surface area contributed by atoms with E-state index in [9.17, 15) is 4.39 Å². The normalized spacial score (nSPS) is 16.0. The molecule has 28 heavy (non-hydrogen) atoms. The van der Waals surface area contributed by atoms with E-state index in [1.807, 2.05) is 12.1 Å². The van der Waals surface area contributed by atoms with Crippen molar-refractivity contribution in [2.75, 3.05) is 0 Å². The fourth-order valence-corrected chi connectivity index (χ4v) is 4.88. The first-order valence-electron chi connectivity index (χ1n) is 9.28. The number of hydrogen-bond donors (Lipinski definition) is 1. The minimum Gasteiger partial charge on any atom is -0.347 e. The predicted octanol–water partition coefficient (Wildman–Crippen LogP) is 6.28. The summed E-state index contributed by atoms with van der Waals surface area (Å²) in [6.45, 7) is 4.86. The highest BCUT2D eigenvalue weighted by Gasteiger charge is 2.15. The van der Waals surface area contributed by atoms with Gasteiger partial charge in [-0.05, 0) is 41.5 Å². The van der Waals surface area contributed by atoms with Gasteiger partial charge in [-0.1, -0.05) is 67.0 Å². The van der Waals surface area contributed by atoms with Gasteiger partial charge in [-0.25, -0.2) is 4.39 Å². The van der Waals surface area contributed by atoms with E-state index in [-0.39, 0.29) is 5.82 Å². The van der Waals surface area contributed by atoms with Crippen LogP contribution in [0, 0.1) is 5.82 Å². The summed E-state index contributed by atoms with van der Waals surface area (Å²) in [7, 11) is 0. The van der Waals surface area contributed by atoms with Crippen LogP contribution in [0.25, 0.3) is 17.0 Å². The monoisotopic (exact) mass is 408 g/mol. The number of allylic oxidation sites excluding steroid dienone is 1. The highest BCUT2D eigenvalue weighted by molar-refractivity contribution is 8.25. The van der Waals surface area contributed by atoms with Gasteiger partial charge in [-0.2, -0.15) is 0 Å². The lowest BCUT2D eigenvalue weighted by atomic mass is 10.1. The van der Waals surface area contributed by atoms with Gasteiger partial charge in [-0.3, -0.25) is 0 Å². The van der Waals surface area contributed by atoms with Crippen molar-refractivity contribution in [3.05, 3.63) is 88.9 Å². The molecule has 1 saturated heterocycles. The number of nitrogens with zero attached hydrogens (tertiary/aromatic N) is 1. The number of hydrogen-bond acceptors (Lipinski definition) is 2. The molecule has 4 rings (SSSR count). The fourth-order valence-electron chi connectivity index (χ4n) is 3.55. The Bertz CT molecular complexity index is 1060. The standard InChI is InChI=1S/C23H21FN2S2/c1-16-13-19(28-23(27)25-16)14-18-15-26(22-11-5-3-9-20(18)22)12-6-8-17-7-2-4-10-21(17)24/h2-5,7,9-11,14-15H,1,6,8,12-13H2,(H,25,27)/b19-14+. The predicted molar refractivity (Wildman–Crippen MR) is 122 cm³/mol. The van der Waals surface area contributed by atoms with Crippen molar-refractivity contribution in [2.24, 2.45) is 0 Å². The Hall–Kier alpha value is -2.37. The zero-order chi connectivity index (χ0) is 19.5. The lowest BCUT2D eigenvalue weighted by Gasteiger charge is -2.18. The Morgan fingerprint density at radius 3 is 2.79 bits per heavy atom. The fraction of sp³-hybridized carbons (Fsp3) is 0.174. The Labute approximate surface area is 174 Å². The largest absolute Gasteiger partial charge is 0.347 e. The molecule has 0 radical (unpaired) electrons. The number of nitrogens with one attached hydrogen (secondary N) is 1. The van der Waals surface area contributed by atoms with Crippen molar-refractivity contribution in [3.8, 4) is 0 Å². The van der Waals surface area contributed by atoms with Crippen molar-refractivity contribution in [3.63, 3.8) is 0 Å². The Balaban J connectivity index is 1.57. The number of fused-ring (bicyclic) bond motifs is 1. The van der Waals surface area contributed by atoms with E-state index < -0.39 is 0 Å². The molecule has 0 spiro atoms. The third kappa shape index (κ3) is 4.21. The third-order valence-electron chi connectivity index (χ3n) is 4.83. The average molecular weight is 409 g/mol. The lowest BCUT2D eigenvalue weighted by molar-refractivity contribution is 0.591. The second kappa shape index (κ2) is 8.33. The van der Waals surface area contributed by atoms with Crippen LogP contribution >= 0.6 is 24.0 Å². The molecule has 0 saturated carbocycles. The number of thioether (sulfide) groups is 1. The summed E-state index contributed by atoms with van der Waals surface area (Å²) >= 11 is 6.89. The summed E-state index contributed by atoms with van der Waals surface area (Å²) in [6, 6.07) is 15.4. The number of halogens is 1.